The van der Waals surface area contributed by atoms with Gasteiger partial charge in [0.05, 0.1) is 6.54 Å². The number of hydrogen-bond acceptors (Lipinski definition) is 5. The van der Waals surface area contributed by atoms with Crippen LogP contribution in [-0.2, 0) is 15.0 Å². The van der Waals surface area contributed by atoms with Crippen LogP contribution < -0.4 is 5.32 Å². The minimum absolute atomic E-state index is 0.0623. The van der Waals surface area contributed by atoms with Crippen molar-refractivity contribution in [2.45, 2.75) is 70.5 Å². The molecule has 0 bridgehead atoms. The summed E-state index contributed by atoms with van der Waals surface area (Å²) < 4.78 is 18.6. The van der Waals surface area contributed by atoms with Crippen molar-refractivity contribution in [3.63, 3.8) is 0 Å². The van der Waals surface area contributed by atoms with E-state index in [1.165, 1.54) is 0 Å². The van der Waals surface area contributed by atoms with E-state index < -0.39 is 12.2 Å². The van der Waals surface area contributed by atoms with Gasteiger partial charge < -0.3 is 14.7 Å². The minimum atomic E-state index is -0.764. The highest BCUT2D eigenvalue weighted by atomic mass is 19.1. The van der Waals surface area contributed by atoms with Crippen LogP contribution in [-0.4, -0.2) is 65.2 Å². The van der Waals surface area contributed by atoms with Gasteiger partial charge in [-0.2, -0.15) is 0 Å². The van der Waals surface area contributed by atoms with Crippen LogP contribution in [0, 0.1) is 0 Å². The first kappa shape index (κ1) is 20.8. The topological polar surface area (TPSA) is 78.7 Å². The summed E-state index contributed by atoms with van der Waals surface area (Å²) in [5, 5.41) is 6.73. The number of likely N-dealkylation sites (tertiary alicyclic amines) is 2. The molecule has 1 atom stereocenters. The van der Waals surface area contributed by atoms with E-state index in [1.807, 2.05) is 25.7 Å². The quantitative estimate of drug-likeness (QED) is 0.850. The third-order valence-electron chi connectivity index (χ3n) is 5.50. The van der Waals surface area contributed by atoms with Gasteiger partial charge in [-0.05, 0) is 32.1 Å². The van der Waals surface area contributed by atoms with Crippen LogP contribution >= 0.6 is 0 Å². The molecule has 2 aliphatic heterocycles. The van der Waals surface area contributed by atoms with Gasteiger partial charge in [0.2, 0.25) is 11.8 Å². The summed E-state index contributed by atoms with van der Waals surface area (Å²) >= 11 is 0. The zero-order valence-corrected chi connectivity index (χ0v) is 17.0. The smallest absolute Gasteiger partial charge is 0.248 e. The Morgan fingerprint density at radius 1 is 1.21 bits per heavy atom. The fourth-order valence-corrected chi connectivity index (χ4v) is 3.74. The fraction of sp³-hybridized carbons (Fsp3) is 0.750. The Hall–Kier alpha value is -1.96. The van der Waals surface area contributed by atoms with E-state index >= 15 is 0 Å². The van der Waals surface area contributed by atoms with Crippen molar-refractivity contribution in [2.24, 2.45) is 0 Å². The molecule has 2 fully saturated rings. The molecule has 0 saturated carbocycles. The summed E-state index contributed by atoms with van der Waals surface area (Å²) in [4.78, 5) is 29.3. The van der Waals surface area contributed by atoms with Crippen LogP contribution in [0.3, 0.4) is 0 Å². The van der Waals surface area contributed by atoms with Gasteiger partial charge in [-0.15, -0.1) is 0 Å². The summed E-state index contributed by atoms with van der Waals surface area (Å²) in [6, 6.07) is 1.23. The first-order valence-electron chi connectivity index (χ1n) is 10.2. The van der Waals surface area contributed by atoms with Crippen LogP contribution in [0.2, 0.25) is 0 Å². The number of halogens is 1. The molecule has 2 aliphatic rings. The minimum Gasteiger partial charge on any atom is -0.359 e. The summed E-state index contributed by atoms with van der Waals surface area (Å²) in [5.74, 6) is 0.769. The molecule has 0 spiro atoms. The van der Waals surface area contributed by atoms with Crippen LogP contribution in [0.5, 0.6) is 0 Å². The second-order valence-electron chi connectivity index (χ2n) is 8.87. The lowest BCUT2D eigenvalue weighted by Crippen LogP contribution is -2.53. The van der Waals surface area contributed by atoms with Gasteiger partial charge in [-0.25, -0.2) is 4.39 Å². The molecule has 1 aromatic rings. The molecule has 0 aromatic carbocycles. The Bertz CT molecular complexity index is 692. The molecule has 3 heterocycles. The number of rotatable bonds is 4. The maximum atomic E-state index is 13.3. The van der Waals surface area contributed by atoms with E-state index in [9.17, 15) is 14.0 Å². The Labute approximate surface area is 165 Å². The predicted octanol–water partition coefficient (Wildman–Crippen LogP) is 2.73. The maximum absolute atomic E-state index is 13.3. The Balaban J connectivity index is 1.61. The van der Waals surface area contributed by atoms with Crippen molar-refractivity contribution in [1.29, 1.82) is 0 Å². The van der Waals surface area contributed by atoms with E-state index in [0.29, 0.717) is 50.5 Å². The maximum Gasteiger partial charge on any atom is 0.248 e. The van der Waals surface area contributed by atoms with E-state index in [2.05, 4.69) is 10.5 Å². The molecule has 7 nitrogen and oxygen atoms in total. The van der Waals surface area contributed by atoms with E-state index in [4.69, 9.17) is 4.52 Å². The molecular formula is C20H31FN4O3. The number of nitrogens with zero attached hydrogens (tertiary/aromatic N) is 3. The molecule has 1 unspecified atom stereocenters. The third kappa shape index (κ3) is 5.10. The summed E-state index contributed by atoms with van der Waals surface area (Å²) in [6.45, 7) is 8.01. The van der Waals surface area contributed by atoms with Gasteiger partial charge in [0, 0.05) is 31.1 Å². The highest BCUT2D eigenvalue weighted by molar-refractivity contribution is 5.96. The van der Waals surface area contributed by atoms with Crippen molar-refractivity contribution in [3.8, 4) is 0 Å². The van der Waals surface area contributed by atoms with Crippen molar-refractivity contribution in [2.75, 3.05) is 31.5 Å². The van der Waals surface area contributed by atoms with Crippen LogP contribution in [0.1, 0.15) is 58.6 Å². The molecule has 3 rings (SSSR count). The number of piperidine rings is 2. The second kappa shape index (κ2) is 8.59. The van der Waals surface area contributed by atoms with Crippen molar-refractivity contribution < 1.29 is 18.5 Å². The van der Waals surface area contributed by atoms with Gasteiger partial charge in [-0.1, -0.05) is 25.9 Å². The summed E-state index contributed by atoms with van der Waals surface area (Å²) in [6.07, 6.45) is 2.61. The lowest BCUT2D eigenvalue weighted by molar-refractivity contribution is -0.141. The molecule has 8 heteroatoms. The van der Waals surface area contributed by atoms with E-state index in [-0.39, 0.29) is 23.8 Å². The summed E-state index contributed by atoms with van der Waals surface area (Å²) in [5.41, 5.74) is -0.199. The lowest BCUT2D eigenvalue weighted by atomic mass is 9.93. The van der Waals surface area contributed by atoms with Crippen molar-refractivity contribution in [3.05, 3.63) is 11.8 Å². The number of alkyl halides is 1. The number of carbonyl (C=O) groups excluding carboxylic acids is 2. The Kier molecular flexibility index (Phi) is 6.37. The molecule has 2 saturated heterocycles. The van der Waals surface area contributed by atoms with Gasteiger partial charge in [0.25, 0.3) is 0 Å². The van der Waals surface area contributed by atoms with Crippen LogP contribution in [0.15, 0.2) is 10.6 Å². The number of carbonyl (C=O) groups is 2. The highest BCUT2D eigenvalue weighted by Gasteiger charge is 2.34. The molecule has 156 valence electrons. The second-order valence-corrected chi connectivity index (χ2v) is 8.87. The first-order chi connectivity index (χ1) is 13.2. The zero-order chi connectivity index (χ0) is 20.3. The zero-order valence-electron chi connectivity index (χ0n) is 17.0. The Morgan fingerprint density at radius 2 is 1.93 bits per heavy atom. The normalized spacial score (nSPS) is 22.3. The average Bonchev–Trinajstić information content (AvgIpc) is 3.12. The summed E-state index contributed by atoms with van der Waals surface area (Å²) in [7, 11) is 0. The van der Waals surface area contributed by atoms with Gasteiger partial charge in [0.15, 0.2) is 5.82 Å². The van der Waals surface area contributed by atoms with E-state index in [1.54, 1.807) is 11.0 Å². The number of hydrogen-bond donors (Lipinski definition) is 1. The fourth-order valence-electron chi connectivity index (χ4n) is 3.74. The van der Waals surface area contributed by atoms with Gasteiger partial charge in [-0.3, -0.25) is 14.5 Å². The molecule has 2 amide bonds. The SMILES string of the molecule is CC(C)(C)c1cc(NC(=O)C2CCCCN2C(=O)CN2CCC(F)CC2)no1. The molecule has 1 N–H and O–H groups in total. The molecule has 1 aromatic heterocycles. The molecular weight excluding hydrogens is 363 g/mol. The molecule has 28 heavy (non-hydrogen) atoms. The number of nitrogens with one attached hydrogen (secondary N) is 1. The molecule has 0 radical (unpaired) electrons. The molecule has 0 aliphatic carbocycles. The van der Waals surface area contributed by atoms with Crippen molar-refractivity contribution in [1.82, 2.24) is 15.0 Å². The van der Waals surface area contributed by atoms with Crippen LogP contribution in [0.4, 0.5) is 10.2 Å². The number of amides is 2. The standard InChI is InChI=1S/C20H31FN4O3/c1-20(2,3)16-12-17(23-28-16)22-19(27)15-6-4-5-9-25(15)18(26)13-24-10-7-14(21)8-11-24/h12,14-15H,4-11,13H2,1-3H3,(H,22,23,27). The first-order valence-corrected chi connectivity index (χ1v) is 10.2. The highest BCUT2D eigenvalue weighted by Crippen LogP contribution is 2.25. The van der Waals surface area contributed by atoms with Gasteiger partial charge in [0.1, 0.15) is 18.0 Å². The number of aromatic nitrogens is 1. The van der Waals surface area contributed by atoms with Crippen LogP contribution in [0.25, 0.3) is 0 Å². The average molecular weight is 394 g/mol. The monoisotopic (exact) mass is 394 g/mol. The lowest BCUT2D eigenvalue weighted by Gasteiger charge is -2.36. The predicted molar refractivity (Wildman–Crippen MR) is 104 cm³/mol. The number of anilines is 1. The van der Waals surface area contributed by atoms with Gasteiger partial charge >= 0.3 is 0 Å². The van der Waals surface area contributed by atoms with Crippen molar-refractivity contribution >= 4 is 17.6 Å². The largest absolute Gasteiger partial charge is 0.359 e. The van der Waals surface area contributed by atoms with E-state index in [0.717, 1.165) is 12.8 Å². The third-order valence-corrected chi connectivity index (χ3v) is 5.50. The Morgan fingerprint density at radius 3 is 2.57 bits per heavy atom.